The molecule has 4 nitrogen and oxygen atoms in total. The predicted molar refractivity (Wildman–Crippen MR) is 73.2 cm³/mol. The van der Waals surface area contributed by atoms with Crippen LogP contribution in [0.4, 0.5) is 0 Å². The van der Waals surface area contributed by atoms with Crippen molar-refractivity contribution in [3.63, 3.8) is 0 Å². The van der Waals surface area contributed by atoms with Gasteiger partial charge in [0.25, 0.3) is 0 Å². The molecule has 2 heterocycles. The van der Waals surface area contributed by atoms with E-state index in [1.807, 2.05) is 44.8 Å². The van der Waals surface area contributed by atoms with E-state index in [0.717, 1.165) is 26.0 Å². The Balaban J connectivity index is 0.000000368. The van der Waals surface area contributed by atoms with Crippen LogP contribution in [-0.2, 0) is 4.79 Å². The van der Waals surface area contributed by atoms with E-state index in [4.69, 9.17) is 0 Å². The minimum Gasteiger partial charge on any atom is -0.337 e. The van der Waals surface area contributed by atoms with Crippen molar-refractivity contribution in [1.82, 2.24) is 14.7 Å². The molecule has 0 radical (unpaired) electrons. The zero-order valence-corrected chi connectivity index (χ0v) is 12.4. The van der Waals surface area contributed by atoms with Gasteiger partial charge in [-0.1, -0.05) is 13.8 Å². The van der Waals surface area contributed by atoms with E-state index < -0.39 is 0 Å². The third-order valence-corrected chi connectivity index (χ3v) is 2.91. The Hall–Kier alpha value is -0.610. The average Bonchev–Trinajstić information content (AvgIpc) is 2.63. The smallest absolute Gasteiger partial charge is 0.210 e. The molecule has 0 unspecified atom stereocenters. The Kier molecular flexibility index (Phi) is 7.39. The quantitative estimate of drug-likeness (QED) is 0.646. The van der Waals surface area contributed by atoms with Gasteiger partial charge < -0.3 is 14.7 Å². The summed E-state index contributed by atoms with van der Waals surface area (Å²) in [6.45, 7) is 7.12. The van der Waals surface area contributed by atoms with Gasteiger partial charge in [-0.2, -0.15) is 0 Å². The van der Waals surface area contributed by atoms with Crippen molar-refractivity contribution in [3.8, 4) is 0 Å². The highest BCUT2D eigenvalue weighted by Gasteiger charge is 2.48. The molecule has 0 aromatic carbocycles. The van der Waals surface area contributed by atoms with Crippen LogP contribution in [0.15, 0.2) is 0 Å². The number of hydrogen-bond donors (Lipinski definition) is 0. The van der Waals surface area contributed by atoms with Crippen LogP contribution in [0.25, 0.3) is 0 Å². The lowest BCUT2D eigenvalue weighted by Crippen LogP contribution is -2.66. The summed E-state index contributed by atoms with van der Waals surface area (Å²) in [6.07, 6.45) is 3.41. The van der Waals surface area contributed by atoms with Crippen molar-refractivity contribution in [1.29, 1.82) is 0 Å². The molecule has 2 fully saturated rings. The SMILES string of the molecule is CC.CN(C)C.CN1CC2(CCCN2C=O)C1. The highest BCUT2D eigenvalue weighted by atomic mass is 16.1. The molecule has 0 aromatic heterocycles. The molecule has 4 heteroatoms. The second-order valence-corrected chi connectivity index (χ2v) is 5.14. The molecule has 102 valence electrons. The highest BCUT2D eigenvalue weighted by molar-refractivity contribution is 5.50. The summed E-state index contributed by atoms with van der Waals surface area (Å²) in [5, 5.41) is 0. The third-order valence-electron chi connectivity index (χ3n) is 2.91. The Morgan fingerprint density at radius 3 is 2.00 bits per heavy atom. The number of nitrogens with zero attached hydrogens (tertiary/aromatic N) is 3. The van der Waals surface area contributed by atoms with Crippen molar-refractivity contribution >= 4 is 6.41 Å². The van der Waals surface area contributed by atoms with E-state index in [9.17, 15) is 4.79 Å². The first-order valence-electron chi connectivity index (χ1n) is 6.52. The number of carbonyl (C=O) groups excluding carboxylic acids is 1. The van der Waals surface area contributed by atoms with Gasteiger partial charge in [-0.3, -0.25) is 4.79 Å². The van der Waals surface area contributed by atoms with Crippen molar-refractivity contribution in [2.75, 3.05) is 47.8 Å². The van der Waals surface area contributed by atoms with Gasteiger partial charge in [-0.15, -0.1) is 0 Å². The molecule has 2 saturated heterocycles. The molecule has 2 rings (SSSR count). The number of likely N-dealkylation sites (N-methyl/N-ethyl adjacent to an activating group) is 1. The standard InChI is InChI=1S/C8H14N2O.C3H9N.C2H6/c1-9-5-8(6-9)3-2-4-10(8)7-11;1-4(2)3;1-2/h7H,2-6H2,1H3;1-3H3;1-2H3. The summed E-state index contributed by atoms with van der Waals surface area (Å²) in [4.78, 5) is 16.9. The van der Waals surface area contributed by atoms with Crippen LogP contribution in [-0.4, -0.2) is 74.5 Å². The van der Waals surface area contributed by atoms with Crippen molar-refractivity contribution < 1.29 is 4.79 Å². The number of carbonyl (C=O) groups is 1. The van der Waals surface area contributed by atoms with E-state index in [-0.39, 0.29) is 5.54 Å². The van der Waals surface area contributed by atoms with Gasteiger partial charge in [0.1, 0.15) is 0 Å². The van der Waals surface area contributed by atoms with Crippen LogP contribution in [0.3, 0.4) is 0 Å². The van der Waals surface area contributed by atoms with Gasteiger partial charge >= 0.3 is 0 Å². The number of rotatable bonds is 1. The van der Waals surface area contributed by atoms with Crippen LogP contribution < -0.4 is 0 Å². The summed E-state index contributed by atoms with van der Waals surface area (Å²) in [7, 11) is 8.10. The second-order valence-electron chi connectivity index (χ2n) is 5.14. The zero-order chi connectivity index (χ0) is 13.5. The van der Waals surface area contributed by atoms with Crippen LogP contribution in [0.1, 0.15) is 26.7 Å². The maximum Gasteiger partial charge on any atom is 0.210 e. The van der Waals surface area contributed by atoms with Crippen molar-refractivity contribution in [2.45, 2.75) is 32.2 Å². The Morgan fingerprint density at radius 1 is 1.18 bits per heavy atom. The van der Waals surface area contributed by atoms with Crippen molar-refractivity contribution in [3.05, 3.63) is 0 Å². The normalized spacial score (nSPS) is 21.2. The maximum atomic E-state index is 10.6. The van der Waals surface area contributed by atoms with Crippen LogP contribution in [0.2, 0.25) is 0 Å². The molecule has 2 aliphatic heterocycles. The van der Waals surface area contributed by atoms with Gasteiger partial charge in [0.2, 0.25) is 6.41 Å². The van der Waals surface area contributed by atoms with E-state index in [1.165, 1.54) is 12.8 Å². The summed E-state index contributed by atoms with van der Waals surface area (Å²) in [5.41, 5.74) is 0.247. The van der Waals surface area contributed by atoms with E-state index >= 15 is 0 Å². The molecule has 0 N–H and O–H groups in total. The fraction of sp³-hybridized carbons (Fsp3) is 0.923. The Bertz CT molecular complexity index is 210. The number of likely N-dealkylation sites (tertiary alicyclic amines) is 2. The Labute approximate surface area is 107 Å². The first-order valence-corrected chi connectivity index (χ1v) is 6.52. The van der Waals surface area contributed by atoms with Gasteiger partial charge in [0.05, 0.1) is 5.54 Å². The van der Waals surface area contributed by atoms with Crippen molar-refractivity contribution in [2.24, 2.45) is 0 Å². The molecule has 1 amide bonds. The molecule has 0 bridgehead atoms. The molecule has 1 spiro atoms. The van der Waals surface area contributed by atoms with E-state index in [1.54, 1.807) is 0 Å². The first-order chi connectivity index (χ1) is 8.00. The fourth-order valence-electron chi connectivity index (χ4n) is 2.42. The van der Waals surface area contributed by atoms with Gasteiger partial charge in [0, 0.05) is 19.6 Å². The minimum atomic E-state index is 0.247. The Morgan fingerprint density at radius 2 is 1.65 bits per heavy atom. The summed E-state index contributed by atoms with van der Waals surface area (Å²) < 4.78 is 0. The lowest BCUT2D eigenvalue weighted by molar-refractivity contribution is -0.127. The first kappa shape index (κ1) is 16.4. The minimum absolute atomic E-state index is 0.247. The van der Waals surface area contributed by atoms with E-state index in [2.05, 4.69) is 11.9 Å². The number of amides is 1. The molecule has 0 aromatic rings. The summed E-state index contributed by atoms with van der Waals surface area (Å²) in [5.74, 6) is 0. The summed E-state index contributed by atoms with van der Waals surface area (Å²) >= 11 is 0. The second kappa shape index (κ2) is 7.67. The topological polar surface area (TPSA) is 26.8 Å². The molecular formula is C13H29N3O. The number of hydrogen-bond acceptors (Lipinski definition) is 3. The van der Waals surface area contributed by atoms with Gasteiger partial charge in [0.15, 0.2) is 0 Å². The maximum absolute atomic E-state index is 10.6. The average molecular weight is 243 g/mol. The fourth-order valence-corrected chi connectivity index (χ4v) is 2.42. The molecule has 0 atom stereocenters. The van der Waals surface area contributed by atoms with Crippen LogP contribution >= 0.6 is 0 Å². The molecular weight excluding hydrogens is 214 g/mol. The zero-order valence-electron chi connectivity index (χ0n) is 12.4. The highest BCUT2D eigenvalue weighted by Crippen LogP contribution is 2.35. The molecule has 2 aliphatic rings. The molecule has 17 heavy (non-hydrogen) atoms. The molecule has 0 saturated carbocycles. The lowest BCUT2D eigenvalue weighted by atomic mass is 9.88. The molecule has 0 aliphatic carbocycles. The third kappa shape index (κ3) is 4.64. The largest absolute Gasteiger partial charge is 0.337 e. The van der Waals surface area contributed by atoms with E-state index in [0.29, 0.717) is 0 Å². The van der Waals surface area contributed by atoms with Crippen LogP contribution in [0.5, 0.6) is 0 Å². The van der Waals surface area contributed by atoms with Gasteiger partial charge in [-0.25, -0.2) is 0 Å². The monoisotopic (exact) mass is 243 g/mol. The van der Waals surface area contributed by atoms with Crippen LogP contribution in [0, 0.1) is 0 Å². The summed E-state index contributed by atoms with van der Waals surface area (Å²) in [6, 6.07) is 0. The van der Waals surface area contributed by atoms with Gasteiger partial charge in [-0.05, 0) is 41.0 Å². The lowest BCUT2D eigenvalue weighted by Gasteiger charge is -2.50. The predicted octanol–water partition coefficient (Wildman–Crippen LogP) is 1.13.